The summed E-state index contributed by atoms with van der Waals surface area (Å²) in [5.41, 5.74) is 1.16. The summed E-state index contributed by atoms with van der Waals surface area (Å²) < 4.78 is 18.6. The lowest BCUT2D eigenvalue weighted by molar-refractivity contribution is 0.0760. The van der Waals surface area contributed by atoms with E-state index in [4.69, 9.17) is 10.00 Å². The van der Waals surface area contributed by atoms with E-state index >= 15 is 0 Å². The van der Waals surface area contributed by atoms with Crippen LogP contribution in [0.4, 0.5) is 4.39 Å². The van der Waals surface area contributed by atoms with Crippen LogP contribution in [0.15, 0.2) is 18.2 Å². The Labute approximate surface area is 114 Å². The molecule has 0 spiro atoms. The van der Waals surface area contributed by atoms with Crippen LogP contribution in [0.3, 0.4) is 0 Å². The van der Waals surface area contributed by atoms with Crippen LogP contribution in [0.25, 0.3) is 0 Å². The molecule has 1 N–H and O–H groups in total. The van der Waals surface area contributed by atoms with E-state index < -0.39 is 0 Å². The summed E-state index contributed by atoms with van der Waals surface area (Å²) >= 11 is 0. The lowest BCUT2D eigenvalue weighted by Crippen LogP contribution is -2.16. The van der Waals surface area contributed by atoms with Crippen LogP contribution in [0.5, 0.6) is 0 Å². The molecule has 0 aromatic heterocycles. The lowest BCUT2D eigenvalue weighted by atomic mass is 10.1. The molecule has 0 amide bonds. The Balaban J connectivity index is 2.19. The zero-order valence-corrected chi connectivity index (χ0v) is 11.6. The highest BCUT2D eigenvalue weighted by molar-refractivity contribution is 5.33. The molecule has 3 nitrogen and oxygen atoms in total. The average molecular weight is 264 g/mol. The summed E-state index contributed by atoms with van der Waals surface area (Å²) in [6.45, 7) is 6.26. The van der Waals surface area contributed by atoms with Gasteiger partial charge in [0.15, 0.2) is 0 Å². The number of unbranched alkanes of at least 4 members (excludes halogenated alkanes) is 1. The summed E-state index contributed by atoms with van der Waals surface area (Å²) in [5, 5.41) is 12.0. The molecule has 104 valence electrons. The maximum Gasteiger partial charge on any atom is 0.124 e. The average Bonchev–Trinajstić information content (AvgIpc) is 2.36. The Morgan fingerprint density at radius 1 is 1.32 bits per heavy atom. The van der Waals surface area contributed by atoms with Gasteiger partial charge in [0.2, 0.25) is 0 Å². The van der Waals surface area contributed by atoms with E-state index in [1.54, 1.807) is 6.07 Å². The van der Waals surface area contributed by atoms with Crippen molar-refractivity contribution in [3.8, 4) is 6.07 Å². The molecule has 0 aliphatic carbocycles. The Kier molecular flexibility index (Phi) is 7.09. The van der Waals surface area contributed by atoms with Gasteiger partial charge in [-0.2, -0.15) is 5.26 Å². The van der Waals surface area contributed by atoms with Gasteiger partial charge >= 0.3 is 0 Å². The molecule has 0 fully saturated rings. The van der Waals surface area contributed by atoms with Gasteiger partial charge in [-0.1, -0.05) is 0 Å². The summed E-state index contributed by atoms with van der Waals surface area (Å²) in [6.07, 6.45) is 2.31. The molecule has 1 aromatic rings. The monoisotopic (exact) mass is 264 g/mol. The Bertz CT molecular complexity index is 427. The van der Waals surface area contributed by atoms with E-state index in [0.717, 1.165) is 31.6 Å². The molecule has 0 bridgehead atoms. The molecule has 0 atom stereocenters. The first-order valence-corrected chi connectivity index (χ1v) is 6.63. The van der Waals surface area contributed by atoms with E-state index in [-0.39, 0.29) is 11.9 Å². The van der Waals surface area contributed by atoms with Crippen LogP contribution in [0.2, 0.25) is 0 Å². The number of rotatable bonds is 8. The molecule has 1 aromatic carbocycles. The van der Waals surface area contributed by atoms with Crippen LogP contribution >= 0.6 is 0 Å². The SMILES string of the molecule is CC(C)OCCCCNCc1cc(F)cc(C#N)c1. The van der Waals surface area contributed by atoms with Crippen LogP contribution in [-0.2, 0) is 11.3 Å². The van der Waals surface area contributed by atoms with Gasteiger partial charge in [-0.3, -0.25) is 0 Å². The maximum atomic E-state index is 13.2. The van der Waals surface area contributed by atoms with E-state index in [9.17, 15) is 4.39 Å². The predicted molar refractivity (Wildman–Crippen MR) is 73.1 cm³/mol. The standard InChI is InChI=1S/C15H21FN2O/c1-12(2)19-6-4-3-5-18-11-14-7-13(10-17)8-15(16)9-14/h7-9,12,18H,3-6,11H2,1-2H3. The third-order valence-corrected chi connectivity index (χ3v) is 2.61. The smallest absolute Gasteiger partial charge is 0.124 e. The molecule has 0 aliphatic heterocycles. The second-order valence-corrected chi connectivity index (χ2v) is 4.76. The second kappa shape index (κ2) is 8.63. The Morgan fingerprint density at radius 2 is 2.11 bits per heavy atom. The molecule has 0 aliphatic rings. The van der Waals surface area contributed by atoms with E-state index in [1.165, 1.54) is 12.1 Å². The minimum Gasteiger partial charge on any atom is -0.379 e. The normalized spacial score (nSPS) is 10.7. The van der Waals surface area contributed by atoms with Crippen molar-refractivity contribution in [2.75, 3.05) is 13.2 Å². The van der Waals surface area contributed by atoms with Gasteiger partial charge in [-0.05, 0) is 57.0 Å². The van der Waals surface area contributed by atoms with Crippen molar-refractivity contribution in [3.63, 3.8) is 0 Å². The number of hydrogen-bond acceptors (Lipinski definition) is 3. The molecule has 1 rings (SSSR count). The van der Waals surface area contributed by atoms with Crippen LogP contribution < -0.4 is 5.32 Å². The van der Waals surface area contributed by atoms with Crippen LogP contribution in [0.1, 0.15) is 37.8 Å². The van der Waals surface area contributed by atoms with Gasteiger partial charge < -0.3 is 10.1 Å². The highest BCUT2D eigenvalue weighted by Crippen LogP contribution is 2.08. The maximum absolute atomic E-state index is 13.2. The molecule has 0 saturated heterocycles. The van der Waals surface area contributed by atoms with Crippen molar-refractivity contribution in [1.82, 2.24) is 5.32 Å². The van der Waals surface area contributed by atoms with E-state index in [2.05, 4.69) is 5.32 Å². The number of benzene rings is 1. The Hall–Kier alpha value is -1.44. The fraction of sp³-hybridized carbons (Fsp3) is 0.533. The van der Waals surface area contributed by atoms with E-state index in [0.29, 0.717) is 12.1 Å². The molecule has 0 unspecified atom stereocenters. The zero-order valence-electron chi connectivity index (χ0n) is 11.6. The molecule has 19 heavy (non-hydrogen) atoms. The van der Waals surface area contributed by atoms with Gasteiger partial charge in [0.05, 0.1) is 17.7 Å². The zero-order chi connectivity index (χ0) is 14.1. The van der Waals surface area contributed by atoms with Gasteiger partial charge in [-0.25, -0.2) is 4.39 Å². The molecule has 4 heteroatoms. The van der Waals surface area contributed by atoms with Gasteiger partial charge in [0, 0.05) is 13.2 Å². The van der Waals surface area contributed by atoms with Crippen molar-refractivity contribution in [1.29, 1.82) is 5.26 Å². The van der Waals surface area contributed by atoms with Gasteiger partial charge in [-0.15, -0.1) is 0 Å². The van der Waals surface area contributed by atoms with E-state index in [1.807, 2.05) is 19.9 Å². The van der Waals surface area contributed by atoms with Crippen molar-refractivity contribution in [2.45, 2.75) is 39.3 Å². The fourth-order valence-electron chi connectivity index (χ4n) is 1.72. The third-order valence-electron chi connectivity index (χ3n) is 2.61. The summed E-state index contributed by atoms with van der Waals surface area (Å²) in [7, 11) is 0. The first kappa shape index (κ1) is 15.6. The molecule has 0 heterocycles. The topological polar surface area (TPSA) is 45.0 Å². The largest absolute Gasteiger partial charge is 0.379 e. The quantitative estimate of drug-likeness (QED) is 0.734. The number of nitrogens with zero attached hydrogens (tertiary/aromatic N) is 1. The second-order valence-electron chi connectivity index (χ2n) is 4.76. The summed E-state index contributed by atoms with van der Waals surface area (Å²) in [6, 6.07) is 6.36. The fourth-order valence-corrected chi connectivity index (χ4v) is 1.72. The first-order valence-electron chi connectivity index (χ1n) is 6.63. The number of nitriles is 1. The summed E-state index contributed by atoms with van der Waals surface area (Å²) in [4.78, 5) is 0. The summed E-state index contributed by atoms with van der Waals surface area (Å²) in [5.74, 6) is -0.360. The molecular weight excluding hydrogens is 243 g/mol. The Morgan fingerprint density at radius 3 is 2.79 bits per heavy atom. The van der Waals surface area contributed by atoms with Crippen LogP contribution in [0, 0.1) is 17.1 Å². The van der Waals surface area contributed by atoms with Crippen molar-refractivity contribution < 1.29 is 9.13 Å². The third kappa shape index (κ3) is 6.90. The highest BCUT2D eigenvalue weighted by atomic mass is 19.1. The minimum atomic E-state index is -0.360. The lowest BCUT2D eigenvalue weighted by Gasteiger charge is -2.08. The first-order chi connectivity index (χ1) is 9.11. The van der Waals surface area contributed by atoms with Crippen molar-refractivity contribution >= 4 is 0 Å². The number of halogens is 1. The van der Waals surface area contributed by atoms with Crippen LogP contribution in [-0.4, -0.2) is 19.3 Å². The van der Waals surface area contributed by atoms with Gasteiger partial charge in [0.1, 0.15) is 5.82 Å². The van der Waals surface area contributed by atoms with Crippen molar-refractivity contribution in [3.05, 3.63) is 35.1 Å². The molecule has 0 saturated carbocycles. The molecule has 0 radical (unpaired) electrons. The minimum absolute atomic E-state index is 0.282. The number of ether oxygens (including phenoxy) is 1. The van der Waals surface area contributed by atoms with Gasteiger partial charge in [0.25, 0.3) is 0 Å². The number of nitrogens with one attached hydrogen (secondary N) is 1. The van der Waals surface area contributed by atoms with Crippen molar-refractivity contribution in [2.24, 2.45) is 0 Å². The molecular formula is C15H21FN2O. The number of hydrogen-bond donors (Lipinski definition) is 1. The highest BCUT2D eigenvalue weighted by Gasteiger charge is 2.00. The predicted octanol–water partition coefficient (Wildman–Crippen LogP) is 2.99.